The van der Waals surface area contributed by atoms with Crippen molar-refractivity contribution in [2.24, 2.45) is 5.41 Å². The van der Waals surface area contributed by atoms with Gasteiger partial charge in [0.1, 0.15) is 6.10 Å². The molecule has 4 nitrogen and oxygen atoms in total. The van der Waals surface area contributed by atoms with Gasteiger partial charge in [-0.3, -0.25) is 4.79 Å². The Balaban J connectivity index is 2.26. The van der Waals surface area contributed by atoms with Crippen LogP contribution in [0.1, 0.15) is 32.3 Å². The van der Waals surface area contributed by atoms with Crippen molar-refractivity contribution in [2.75, 3.05) is 18.6 Å². The van der Waals surface area contributed by atoms with Gasteiger partial charge in [-0.1, -0.05) is 12.1 Å². The fourth-order valence-electron chi connectivity index (χ4n) is 2.51. The summed E-state index contributed by atoms with van der Waals surface area (Å²) >= 11 is 1.95. The van der Waals surface area contributed by atoms with Crippen molar-refractivity contribution in [3.63, 3.8) is 0 Å². The fourth-order valence-corrected chi connectivity index (χ4v) is 3.57. The highest BCUT2D eigenvalue weighted by Gasteiger charge is 2.30. The lowest BCUT2D eigenvalue weighted by Gasteiger charge is -2.27. The van der Waals surface area contributed by atoms with E-state index in [1.165, 1.54) is 0 Å². The molecule has 0 aromatic heterocycles. The second-order valence-electron chi connectivity index (χ2n) is 6.24. The summed E-state index contributed by atoms with van der Waals surface area (Å²) in [5, 5.41) is 9.37. The fraction of sp³-hybridized carbons (Fsp3) is 0.588. The van der Waals surface area contributed by atoms with Gasteiger partial charge in [0.2, 0.25) is 0 Å². The van der Waals surface area contributed by atoms with Gasteiger partial charge >= 0.3 is 5.97 Å². The van der Waals surface area contributed by atoms with E-state index in [0.29, 0.717) is 17.9 Å². The molecule has 0 unspecified atom stereocenters. The minimum atomic E-state index is -0.840. The van der Waals surface area contributed by atoms with Gasteiger partial charge in [-0.15, -0.1) is 0 Å². The molecule has 0 atom stereocenters. The summed E-state index contributed by atoms with van der Waals surface area (Å²) < 4.78 is 11.6. The lowest BCUT2D eigenvalue weighted by molar-refractivity contribution is -0.146. The molecule has 0 aliphatic carbocycles. The summed E-state index contributed by atoms with van der Waals surface area (Å²) in [6.45, 7) is 3.46. The molecule has 1 N–H and O–H groups in total. The summed E-state index contributed by atoms with van der Waals surface area (Å²) in [6, 6.07) is 5.68. The van der Waals surface area contributed by atoms with Crippen LogP contribution in [-0.4, -0.2) is 35.8 Å². The molecule has 0 saturated carbocycles. The number of hydrogen-bond donors (Lipinski definition) is 1. The van der Waals surface area contributed by atoms with E-state index in [-0.39, 0.29) is 6.10 Å². The molecule has 2 rings (SSSR count). The zero-order chi connectivity index (χ0) is 16.2. The van der Waals surface area contributed by atoms with E-state index in [4.69, 9.17) is 9.47 Å². The van der Waals surface area contributed by atoms with E-state index in [1.807, 2.05) is 30.0 Å². The quantitative estimate of drug-likeness (QED) is 0.866. The van der Waals surface area contributed by atoms with Crippen LogP contribution in [0, 0.1) is 5.41 Å². The zero-order valence-electron chi connectivity index (χ0n) is 13.4. The first kappa shape index (κ1) is 17.0. The molecular weight excluding hydrogens is 300 g/mol. The van der Waals surface area contributed by atoms with E-state index >= 15 is 0 Å². The molecule has 0 radical (unpaired) electrons. The van der Waals surface area contributed by atoms with Gasteiger partial charge in [0.25, 0.3) is 0 Å². The molecule has 1 heterocycles. The van der Waals surface area contributed by atoms with Crippen molar-refractivity contribution in [1.82, 2.24) is 0 Å². The molecule has 1 aromatic carbocycles. The van der Waals surface area contributed by atoms with Crippen LogP contribution in [-0.2, 0) is 11.2 Å². The number of carboxylic acids is 1. The third kappa shape index (κ3) is 4.09. The third-order valence-electron chi connectivity index (χ3n) is 3.94. The van der Waals surface area contributed by atoms with Crippen LogP contribution in [0.2, 0.25) is 0 Å². The van der Waals surface area contributed by atoms with Gasteiger partial charge in [0.05, 0.1) is 12.5 Å². The van der Waals surface area contributed by atoms with Crippen LogP contribution < -0.4 is 9.47 Å². The van der Waals surface area contributed by atoms with Crippen LogP contribution in [0.25, 0.3) is 0 Å². The maximum atomic E-state index is 11.4. The molecule has 0 bridgehead atoms. The lowest BCUT2D eigenvalue weighted by atomic mass is 9.85. The van der Waals surface area contributed by atoms with E-state index in [2.05, 4.69) is 0 Å². The number of para-hydroxylation sites is 1. The summed E-state index contributed by atoms with van der Waals surface area (Å²) in [6.07, 6.45) is 2.63. The topological polar surface area (TPSA) is 55.8 Å². The Kier molecular flexibility index (Phi) is 5.62. The SMILES string of the molecule is COc1cccc(CC(C)(C)C(=O)O)c1OC1CCSCC1. The van der Waals surface area contributed by atoms with Crippen molar-refractivity contribution in [1.29, 1.82) is 0 Å². The largest absolute Gasteiger partial charge is 0.493 e. The van der Waals surface area contributed by atoms with Gasteiger partial charge in [-0.05, 0) is 56.2 Å². The summed E-state index contributed by atoms with van der Waals surface area (Å²) in [7, 11) is 1.62. The molecule has 1 saturated heterocycles. The molecule has 0 spiro atoms. The van der Waals surface area contributed by atoms with E-state index < -0.39 is 11.4 Å². The predicted molar refractivity (Wildman–Crippen MR) is 89.1 cm³/mol. The Labute approximate surface area is 136 Å². The Morgan fingerprint density at radius 1 is 1.36 bits per heavy atom. The van der Waals surface area contributed by atoms with Crippen molar-refractivity contribution in [3.8, 4) is 11.5 Å². The molecule has 0 amide bonds. The zero-order valence-corrected chi connectivity index (χ0v) is 14.2. The van der Waals surface area contributed by atoms with Gasteiger partial charge in [-0.25, -0.2) is 0 Å². The monoisotopic (exact) mass is 324 g/mol. The van der Waals surface area contributed by atoms with Crippen molar-refractivity contribution < 1.29 is 19.4 Å². The van der Waals surface area contributed by atoms with E-state index in [0.717, 1.165) is 29.9 Å². The minimum absolute atomic E-state index is 0.184. The smallest absolute Gasteiger partial charge is 0.309 e. The van der Waals surface area contributed by atoms with Crippen LogP contribution in [0.4, 0.5) is 0 Å². The predicted octanol–water partition coefficient (Wildman–Crippen LogP) is 3.62. The second-order valence-corrected chi connectivity index (χ2v) is 7.47. The molecule has 5 heteroatoms. The van der Waals surface area contributed by atoms with Crippen LogP contribution in [0.15, 0.2) is 18.2 Å². The van der Waals surface area contributed by atoms with E-state index in [9.17, 15) is 9.90 Å². The Hall–Kier alpha value is -1.36. The molecule has 1 fully saturated rings. The number of hydrogen-bond acceptors (Lipinski definition) is 4. The van der Waals surface area contributed by atoms with Gasteiger partial charge < -0.3 is 14.6 Å². The molecule has 1 aliphatic rings. The minimum Gasteiger partial charge on any atom is -0.493 e. The number of benzene rings is 1. The standard InChI is InChI=1S/C17H24O4S/c1-17(2,16(18)19)11-12-5-4-6-14(20-3)15(12)21-13-7-9-22-10-8-13/h4-6,13H,7-11H2,1-3H3,(H,18,19). The summed E-state index contributed by atoms with van der Waals surface area (Å²) in [5.74, 6) is 2.79. The average Bonchev–Trinajstić information content (AvgIpc) is 2.49. The number of ether oxygens (including phenoxy) is 2. The Morgan fingerprint density at radius 3 is 2.64 bits per heavy atom. The first-order valence-electron chi connectivity index (χ1n) is 7.57. The van der Waals surface area contributed by atoms with E-state index in [1.54, 1.807) is 21.0 Å². The van der Waals surface area contributed by atoms with Crippen molar-refractivity contribution >= 4 is 17.7 Å². The summed E-state index contributed by atoms with van der Waals surface area (Å²) in [4.78, 5) is 11.4. The lowest BCUT2D eigenvalue weighted by Crippen LogP contribution is -2.27. The number of rotatable bonds is 6. The normalized spacial score (nSPS) is 16.3. The highest BCUT2D eigenvalue weighted by Crippen LogP contribution is 2.37. The molecule has 22 heavy (non-hydrogen) atoms. The van der Waals surface area contributed by atoms with Gasteiger partial charge in [0.15, 0.2) is 11.5 Å². The number of methoxy groups -OCH3 is 1. The van der Waals surface area contributed by atoms with Gasteiger partial charge in [-0.2, -0.15) is 11.8 Å². The molecule has 1 aromatic rings. The number of aliphatic carboxylic acids is 1. The molecule has 1 aliphatic heterocycles. The Bertz CT molecular complexity index is 521. The first-order chi connectivity index (χ1) is 10.4. The molecular formula is C17H24O4S. The van der Waals surface area contributed by atoms with Crippen LogP contribution in [0.3, 0.4) is 0 Å². The first-order valence-corrected chi connectivity index (χ1v) is 8.73. The second kappa shape index (κ2) is 7.27. The van der Waals surface area contributed by atoms with Crippen molar-refractivity contribution in [2.45, 2.75) is 39.2 Å². The number of thioether (sulfide) groups is 1. The highest BCUT2D eigenvalue weighted by molar-refractivity contribution is 7.99. The maximum absolute atomic E-state index is 11.4. The third-order valence-corrected chi connectivity index (χ3v) is 4.99. The van der Waals surface area contributed by atoms with Crippen molar-refractivity contribution in [3.05, 3.63) is 23.8 Å². The number of carbonyl (C=O) groups is 1. The molecule has 122 valence electrons. The van der Waals surface area contributed by atoms with Crippen LogP contribution in [0.5, 0.6) is 11.5 Å². The average molecular weight is 324 g/mol. The maximum Gasteiger partial charge on any atom is 0.309 e. The van der Waals surface area contributed by atoms with Gasteiger partial charge in [0, 0.05) is 0 Å². The Morgan fingerprint density at radius 2 is 2.05 bits per heavy atom. The van der Waals surface area contributed by atoms with Crippen LogP contribution >= 0.6 is 11.8 Å². The highest BCUT2D eigenvalue weighted by atomic mass is 32.2. The number of carboxylic acid groups (broad SMARTS) is 1. The summed E-state index contributed by atoms with van der Waals surface area (Å²) in [5.41, 5.74) is 0.0531.